The Balaban J connectivity index is 1.73. The zero-order chi connectivity index (χ0) is 23.3. The van der Waals surface area contributed by atoms with E-state index in [1.54, 1.807) is 31.3 Å². The average molecular weight is 436 g/mol. The first-order valence-corrected chi connectivity index (χ1v) is 10.8. The van der Waals surface area contributed by atoms with E-state index >= 15 is 0 Å². The van der Waals surface area contributed by atoms with Gasteiger partial charge in [-0.15, -0.1) is 0 Å². The fourth-order valence-corrected chi connectivity index (χ4v) is 3.40. The fraction of sp³-hybridized carbons (Fsp3) is 0.360. The molecule has 168 valence electrons. The zero-order valence-electron chi connectivity index (χ0n) is 19.0. The molecule has 0 aliphatic carbocycles. The molecule has 0 N–H and O–H groups in total. The summed E-state index contributed by atoms with van der Waals surface area (Å²) in [6.45, 7) is 6.41. The lowest BCUT2D eigenvalue weighted by molar-refractivity contribution is -0.133. The van der Waals surface area contributed by atoms with Crippen molar-refractivity contribution in [1.29, 1.82) is 0 Å². The van der Waals surface area contributed by atoms with E-state index < -0.39 is 12.6 Å². The minimum atomic E-state index is -0.729. The quantitative estimate of drug-likeness (QED) is 0.507. The number of carbonyl (C=O) groups is 2. The first kappa shape index (κ1) is 23.2. The van der Waals surface area contributed by atoms with Crippen molar-refractivity contribution in [2.45, 2.75) is 40.3 Å². The van der Waals surface area contributed by atoms with Crippen LogP contribution in [0.5, 0.6) is 0 Å². The van der Waals surface area contributed by atoms with Crippen molar-refractivity contribution >= 4 is 22.6 Å². The first-order valence-electron chi connectivity index (χ1n) is 10.8. The van der Waals surface area contributed by atoms with Crippen molar-refractivity contribution in [2.24, 2.45) is 5.92 Å². The van der Waals surface area contributed by atoms with E-state index in [9.17, 15) is 14.4 Å². The number of fused-ring (bicyclic) bond motifs is 1. The second-order valence-corrected chi connectivity index (χ2v) is 8.27. The van der Waals surface area contributed by atoms with Crippen LogP contribution in [0.3, 0.4) is 0 Å². The van der Waals surface area contributed by atoms with E-state index in [0.29, 0.717) is 23.9 Å². The van der Waals surface area contributed by atoms with E-state index in [-0.39, 0.29) is 23.1 Å². The van der Waals surface area contributed by atoms with Gasteiger partial charge in [0.25, 0.3) is 11.5 Å². The minimum absolute atomic E-state index is 0.0338. The number of aromatic nitrogens is 2. The summed E-state index contributed by atoms with van der Waals surface area (Å²) < 4.78 is 6.57. The monoisotopic (exact) mass is 435 g/mol. The standard InChI is InChI=1S/C25H29N3O4/c1-5-18-10-12-19(13-11-18)15-27(4)22(29)16-32-25(31)23-20-8-6-7-9-21(20)24(30)28(26-23)14-17(2)3/h6-13,17H,5,14-16H2,1-4H3. The van der Waals surface area contributed by atoms with Gasteiger partial charge < -0.3 is 9.64 Å². The van der Waals surface area contributed by atoms with E-state index in [2.05, 4.69) is 12.0 Å². The van der Waals surface area contributed by atoms with Crippen LogP contribution in [0, 0.1) is 5.92 Å². The maximum absolute atomic E-state index is 12.8. The highest BCUT2D eigenvalue weighted by molar-refractivity contribution is 6.02. The molecule has 0 radical (unpaired) electrons. The Morgan fingerprint density at radius 3 is 2.28 bits per heavy atom. The Morgan fingerprint density at radius 1 is 1.03 bits per heavy atom. The molecule has 0 bridgehead atoms. The molecule has 0 aliphatic rings. The normalized spacial score (nSPS) is 11.0. The predicted molar refractivity (Wildman–Crippen MR) is 123 cm³/mol. The summed E-state index contributed by atoms with van der Waals surface area (Å²) in [6.07, 6.45) is 0.957. The zero-order valence-corrected chi connectivity index (χ0v) is 19.0. The highest BCUT2D eigenvalue weighted by Gasteiger charge is 2.20. The van der Waals surface area contributed by atoms with E-state index in [1.807, 2.05) is 38.1 Å². The third-order valence-corrected chi connectivity index (χ3v) is 5.20. The van der Waals surface area contributed by atoms with Crippen molar-refractivity contribution in [3.63, 3.8) is 0 Å². The van der Waals surface area contributed by atoms with Gasteiger partial charge in [0.15, 0.2) is 12.3 Å². The SMILES string of the molecule is CCc1ccc(CN(C)C(=O)COC(=O)c2nn(CC(C)C)c(=O)c3ccccc23)cc1. The third kappa shape index (κ3) is 5.41. The molecular weight excluding hydrogens is 406 g/mol. The van der Waals surface area contributed by atoms with Crippen LogP contribution < -0.4 is 5.56 Å². The van der Waals surface area contributed by atoms with Gasteiger partial charge in [-0.1, -0.05) is 63.2 Å². The van der Waals surface area contributed by atoms with E-state index in [4.69, 9.17) is 4.74 Å². The molecule has 0 saturated heterocycles. The fourth-order valence-electron chi connectivity index (χ4n) is 3.40. The second kappa shape index (κ2) is 10.2. The van der Waals surface area contributed by atoms with Crippen LogP contribution in [0.15, 0.2) is 53.3 Å². The molecule has 32 heavy (non-hydrogen) atoms. The van der Waals surface area contributed by atoms with Crippen molar-refractivity contribution in [3.8, 4) is 0 Å². The summed E-state index contributed by atoms with van der Waals surface area (Å²) >= 11 is 0. The molecule has 3 aromatic rings. The van der Waals surface area contributed by atoms with Gasteiger partial charge in [-0.05, 0) is 29.5 Å². The highest BCUT2D eigenvalue weighted by Crippen LogP contribution is 2.15. The average Bonchev–Trinajstić information content (AvgIpc) is 2.79. The van der Waals surface area contributed by atoms with Crippen molar-refractivity contribution in [1.82, 2.24) is 14.7 Å². The van der Waals surface area contributed by atoms with Crippen LogP contribution in [0.1, 0.15) is 42.4 Å². The number of nitrogens with zero attached hydrogens (tertiary/aromatic N) is 3. The van der Waals surface area contributed by atoms with E-state index in [0.717, 1.165) is 12.0 Å². The molecule has 1 amide bonds. The van der Waals surface area contributed by atoms with Crippen LogP contribution >= 0.6 is 0 Å². The molecule has 0 atom stereocenters. The van der Waals surface area contributed by atoms with Gasteiger partial charge in [0.05, 0.1) is 5.39 Å². The van der Waals surface area contributed by atoms with Gasteiger partial charge in [0, 0.05) is 25.5 Å². The Hall–Kier alpha value is -3.48. The Labute approximate surface area is 187 Å². The van der Waals surface area contributed by atoms with Gasteiger partial charge in [0.1, 0.15) is 0 Å². The maximum atomic E-state index is 12.8. The second-order valence-electron chi connectivity index (χ2n) is 8.27. The molecule has 7 heteroatoms. The van der Waals surface area contributed by atoms with Crippen LogP contribution in [0.4, 0.5) is 0 Å². The Morgan fingerprint density at radius 2 is 1.66 bits per heavy atom. The Bertz CT molecular complexity index is 1170. The predicted octanol–water partition coefficient (Wildman–Crippen LogP) is 3.43. The highest BCUT2D eigenvalue weighted by atomic mass is 16.5. The van der Waals surface area contributed by atoms with Crippen LogP contribution in [-0.4, -0.2) is 40.2 Å². The first-order chi connectivity index (χ1) is 15.3. The van der Waals surface area contributed by atoms with Crippen molar-refractivity contribution in [2.75, 3.05) is 13.7 Å². The summed E-state index contributed by atoms with van der Waals surface area (Å²) in [5, 5.41) is 5.07. The smallest absolute Gasteiger partial charge is 0.359 e. The summed E-state index contributed by atoms with van der Waals surface area (Å²) in [5.74, 6) is -0.877. The number of rotatable bonds is 8. The van der Waals surface area contributed by atoms with Gasteiger partial charge in [-0.25, -0.2) is 9.48 Å². The van der Waals surface area contributed by atoms with Gasteiger partial charge >= 0.3 is 5.97 Å². The van der Waals surface area contributed by atoms with Crippen LogP contribution in [-0.2, 0) is 29.0 Å². The molecule has 0 aliphatic heterocycles. The van der Waals surface area contributed by atoms with Crippen molar-refractivity contribution in [3.05, 3.63) is 75.7 Å². The molecule has 7 nitrogen and oxygen atoms in total. The third-order valence-electron chi connectivity index (χ3n) is 5.20. The van der Waals surface area contributed by atoms with E-state index in [1.165, 1.54) is 15.1 Å². The molecule has 0 saturated carbocycles. The summed E-state index contributed by atoms with van der Waals surface area (Å²) in [7, 11) is 1.67. The number of aryl methyl sites for hydroxylation is 1. The lowest BCUT2D eigenvalue weighted by Gasteiger charge is -2.18. The number of likely N-dealkylation sites (N-methyl/N-ethyl adjacent to an activating group) is 1. The molecule has 1 heterocycles. The number of esters is 1. The van der Waals surface area contributed by atoms with Gasteiger partial charge in [-0.3, -0.25) is 9.59 Å². The Kier molecular flexibility index (Phi) is 7.41. The molecule has 0 fully saturated rings. The minimum Gasteiger partial charge on any atom is -0.451 e. The van der Waals surface area contributed by atoms with Crippen LogP contribution in [0.2, 0.25) is 0 Å². The molecule has 1 aromatic heterocycles. The lowest BCUT2D eigenvalue weighted by atomic mass is 10.1. The number of hydrogen-bond donors (Lipinski definition) is 0. The van der Waals surface area contributed by atoms with Gasteiger partial charge in [0.2, 0.25) is 0 Å². The molecule has 0 spiro atoms. The number of benzene rings is 2. The molecule has 0 unspecified atom stereocenters. The molecular formula is C25H29N3O4. The largest absolute Gasteiger partial charge is 0.451 e. The maximum Gasteiger partial charge on any atom is 0.359 e. The summed E-state index contributed by atoms with van der Waals surface area (Å²) in [4.78, 5) is 39.5. The molecule has 3 rings (SSSR count). The molecule has 2 aromatic carbocycles. The number of carbonyl (C=O) groups excluding carboxylic acids is 2. The number of amides is 1. The number of ether oxygens (including phenoxy) is 1. The van der Waals surface area contributed by atoms with Crippen molar-refractivity contribution < 1.29 is 14.3 Å². The summed E-state index contributed by atoms with van der Waals surface area (Å²) in [6, 6.07) is 14.8. The van der Waals surface area contributed by atoms with Crippen LogP contribution in [0.25, 0.3) is 10.8 Å². The lowest BCUT2D eigenvalue weighted by Crippen LogP contribution is -2.32. The van der Waals surface area contributed by atoms with Gasteiger partial charge in [-0.2, -0.15) is 5.10 Å². The topological polar surface area (TPSA) is 81.5 Å². The number of hydrogen-bond acceptors (Lipinski definition) is 5. The summed E-state index contributed by atoms with van der Waals surface area (Å²) in [5.41, 5.74) is 2.01.